The first kappa shape index (κ1) is 17.6. The molecule has 24 heavy (non-hydrogen) atoms. The molecule has 5 nitrogen and oxygen atoms in total. The smallest absolute Gasteiger partial charge is 0.192 e. The number of methoxy groups -OCH3 is 2. The number of ether oxygens (including phenoxy) is 2. The van der Waals surface area contributed by atoms with Crippen LogP contribution in [0.15, 0.2) is 53.4 Å². The van der Waals surface area contributed by atoms with E-state index >= 15 is 0 Å². The second kappa shape index (κ2) is 7.66. The maximum atomic E-state index is 12.5. The van der Waals surface area contributed by atoms with Crippen molar-refractivity contribution >= 4 is 15.9 Å². The third-order valence-electron chi connectivity index (χ3n) is 3.35. The van der Waals surface area contributed by atoms with Gasteiger partial charge in [-0.05, 0) is 29.3 Å². The molecule has 0 aliphatic rings. The van der Waals surface area contributed by atoms with Gasteiger partial charge in [0.25, 0.3) is 0 Å². The summed E-state index contributed by atoms with van der Waals surface area (Å²) in [4.78, 5) is -0.293. The fourth-order valence-corrected chi connectivity index (χ4v) is 3.40. The van der Waals surface area contributed by atoms with Crippen LogP contribution < -0.4 is 9.47 Å². The van der Waals surface area contributed by atoms with Crippen LogP contribution in [-0.2, 0) is 15.6 Å². The average molecular weight is 343 g/mol. The number of nitriles is 1. The molecule has 2 aromatic carbocycles. The molecule has 6 heteroatoms. The molecule has 0 bridgehead atoms. The highest BCUT2D eigenvalue weighted by Crippen LogP contribution is 2.29. The molecule has 0 N–H and O–H groups in total. The van der Waals surface area contributed by atoms with Crippen LogP contribution in [-0.4, -0.2) is 22.6 Å². The molecular weight excluding hydrogens is 326 g/mol. The lowest BCUT2D eigenvalue weighted by atomic mass is 10.2. The summed E-state index contributed by atoms with van der Waals surface area (Å²) in [5, 5.41) is 9.27. The van der Waals surface area contributed by atoms with Gasteiger partial charge >= 0.3 is 0 Å². The first-order valence-electron chi connectivity index (χ1n) is 7.10. The van der Waals surface area contributed by atoms with Crippen LogP contribution in [0.1, 0.15) is 11.1 Å². The summed E-state index contributed by atoms with van der Waals surface area (Å²) in [6, 6.07) is 15.5. The summed E-state index contributed by atoms with van der Waals surface area (Å²) in [6.07, 6.45) is 1.33. The Hall–Kier alpha value is -2.78. The Kier molecular flexibility index (Phi) is 5.61. The van der Waals surface area contributed by atoms with E-state index in [1.54, 1.807) is 54.6 Å². The van der Waals surface area contributed by atoms with Crippen molar-refractivity contribution in [2.75, 3.05) is 14.2 Å². The van der Waals surface area contributed by atoms with Crippen LogP contribution in [0.25, 0.3) is 6.08 Å². The maximum absolute atomic E-state index is 12.5. The molecule has 0 unspecified atom stereocenters. The largest absolute Gasteiger partial charge is 0.493 e. The molecule has 0 fully saturated rings. The van der Waals surface area contributed by atoms with Crippen molar-refractivity contribution in [3.8, 4) is 17.6 Å². The number of rotatable bonds is 6. The van der Waals surface area contributed by atoms with E-state index in [-0.39, 0.29) is 10.7 Å². The normalized spacial score (nSPS) is 11.6. The summed E-state index contributed by atoms with van der Waals surface area (Å²) in [5.74, 6) is 0.768. The van der Waals surface area contributed by atoms with Crippen molar-refractivity contribution in [3.63, 3.8) is 0 Å². The lowest BCUT2D eigenvalue weighted by molar-refractivity contribution is 0.355. The van der Waals surface area contributed by atoms with E-state index in [4.69, 9.17) is 9.47 Å². The Labute approximate surface area is 141 Å². The average Bonchev–Trinajstić information content (AvgIpc) is 2.59. The van der Waals surface area contributed by atoms with Crippen molar-refractivity contribution in [2.45, 2.75) is 5.75 Å². The first-order valence-corrected chi connectivity index (χ1v) is 8.76. The van der Waals surface area contributed by atoms with Gasteiger partial charge in [0.2, 0.25) is 0 Å². The molecule has 0 heterocycles. The lowest BCUT2D eigenvalue weighted by Gasteiger charge is -2.08. The minimum absolute atomic E-state index is 0.222. The highest BCUT2D eigenvalue weighted by molar-refractivity contribution is 7.95. The van der Waals surface area contributed by atoms with Gasteiger partial charge in [0, 0.05) is 0 Å². The van der Waals surface area contributed by atoms with E-state index in [0.717, 1.165) is 0 Å². The lowest BCUT2D eigenvalue weighted by Crippen LogP contribution is -2.06. The predicted molar refractivity (Wildman–Crippen MR) is 92.2 cm³/mol. The van der Waals surface area contributed by atoms with E-state index < -0.39 is 9.84 Å². The fraction of sp³-hybridized carbons (Fsp3) is 0.167. The van der Waals surface area contributed by atoms with E-state index in [2.05, 4.69) is 0 Å². The Morgan fingerprint density at radius 3 is 2.33 bits per heavy atom. The summed E-state index contributed by atoms with van der Waals surface area (Å²) < 4.78 is 35.3. The summed E-state index contributed by atoms with van der Waals surface area (Å²) in [6.45, 7) is 0. The van der Waals surface area contributed by atoms with E-state index in [0.29, 0.717) is 22.6 Å². The van der Waals surface area contributed by atoms with Crippen LogP contribution in [0.3, 0.4) is 0 Å². The molecule has 0 amide bonds. The van der Waals surface area contributed by atoms with Crippen molar-refractivity contribution in [1.82, 2.24) is 0 Å². The Balaban J connectivity index is 2.37. The van der Waals surface area contributed by atoms with Gasteiger partial charge in [0.05, 0.1) is 20.0 Å². The van der Waals surface area contributed by atoms with Crippen molar-refractivity contribution in [2.24, 2.45) is 0 Å². The molecule has 0 saturated carbocycles. The Morgan fingerprint density at radius 1 is 1.08 bits per heavy atom. The molecule has 0 aliphatic heterocycles. The summed E-state index contributed by atoms with van der Waals surface area (Å²) in [7, 11) is -0.730. The number of allylic oxidation sites excluding steroid dienone is 1. The molecule has 0 saturated heterocycles. The zero-order chi connectivity index (χ0) is 17.6. The molecule has 0 spiro atoms. The van der Waals surface area contributed by atoms with Crippen molar-refractivity contribution in [3.05, 3.63) is 64.6 Å². The maximum Gasteiger partial charge on any atom is 0.192 e. The molecular formula is C18H17NO4S. The molecule has 0 atom stereocenters. The quantitative estimate of drug-likeness (QED) is 0.753. The number of hydrogen-bond donors (Lipinski definition) is 0. The van der Waals surface area contributed by atoms with Gasteiger partial charge in [0.15, 0.2) is 21.3 Å². The third-order valence-corrected chi connectivity index (χ3v) is 4.94. The minimum Gasteiger partial charge on any atom is -0.493 e. The molecule has 124 valence electrons. The number of benzene rings is 2. The van der Waals surface area contributed by atoms with Crippen LogP contribution >= 0.6 is 0 Å². The number of sulfone groups is 1. The summed E-state index contributed by atoms with van der Waals surface area (Å²) >= 11 is 0. The monoisotopic (exact) mass is 343 g/mol. The van der Waals surface area contributed by atoms with Crippen LogP contribution in [0.2, 0.25) is 0 Å². The minimum atomic E-state index is -3.73. The van der Waals surface area contributed by atoms with Gasteiger partial charge in [-0.15, -0.1) is 0 Å². The van der Waals surface area contributed by atoms with Crippen LogP contribution in [0.5, 0.6) is 11.5 Å². The standard InChI is InChI=1S/C18H17NO4S/c1-22-17-9-8-15(11-18(17)23-2)10-16(12-19)24(20,21)13-14-6-4-3-5-7-14/h3-11H,13H2,1-2H3/b16-10+. The van der Waals surface area contributed by atoms with E-state index in [9.17, 15) is 13.7 Å². The van der Waals surface area contributed by atoms with Gasteiger partial charge < -0.3 is 9.47 Å². The molecule has 2 aromatic rings. The SMILES string of the molecule is COc1ccc(/C=C(\C#N)S(=O)(=O)Cc2ccccc2)cc1OC. The van der Waals surface area contributed by atoms with Crippen LogP contribution in [0, 0.1) is 11.3 Å². The van der Waals surface area contributed by atoms with Gasteiger partial charge in [-0.25, -0.2) is 8.42 Å². The van der Waals surface area contributed by atoms with Gasteiger partial charge in [-0.2, -0.15) is 5.26 Å². The zero-order valence-corrected chi connectivity index (χ0v) is 14.2. The Bertz CT molecular complexity index is 881. The van der Waals surface area contributed by atoms with Crippen molar-refractivity contribution < 1.29 is 17.9 Å². The van der Waals surface area contributed by atoms with Gasteiger partial charge in [0.1, 0.15) is 11.0 Å². The fourth-order valence-electron chi connectivity index (χ4n) is 2.16. The highest BCUT2D eigenvalue weighted by atomic mass is 32.2. The second-order valence-electron chi connectivity index (χ2n) is 4.98. The predicted octanol–water partition coefficient (Wildman–Crippen LogP) is 3.18. The first-order chi connectivity index (χ1) is 11.5. The molecule has 2 rings (SSSR count). The third kappa shape index (κ3) is 4.15. The Morgan fingerprint density at radius 2 is 1.75 bits per heavy atom. The molecule has 0 aliphatic carbocycles. The number of nitrogens with zero attached hydrogens (tertiary/aromatic N) is 1. The highest BCUT2D eigenvalue weighted by Gasteiger charge is 2.19. The van der Waals surface area contributed by atoms with E-state index in [1.807, 2.05) is 0 Å². The molecule has 0 aromatic heterocycles. The van der Waals surface area contributed by atoms with Gasteiger partial charge in [-0.3, -0.25) is 0 Å². The second-order valence-corrected chi connectivity index (χ2v) is 6.94. The zero-order valence-electron chi connectivity index (χ0n) is 13.4. The summed E-state index contributed by atoms with van der Waals surface area (Å²) in [5.41, 5.74) is 1.17. The molecule has 0 radical (unpaired) electrons. The number of hydrogen-bond acceptors (Lipinski definition) is 5. The van der Waals surface area contributed by atoms with Gasteiger partial charge in [-0.1, -0.05) is 36.4 Å². The van der Waals surface area contributed by atoms with Crippen molar-refractivity contribution in [1.29, 1.82) is 5.26 Å². The van der Waals surface area contributed by atoms with Crippen LogP contribution in [0.4, 0.5) is 0 Å². The van der Waals surface area contributed by atoms with E-state index in [1.165, 1.54) is 20.3 Å². The topological polar surface area (TPSA) is 76.4 Å².